The lowest BCUT2D eigenvalue weighted by Gasteiger charge is -2.25. The quantitative estimate of drug-likeness (QED) is 0.792. The van der Waals surface area contributed by atoms with Crippen LogP contribution >= 0.6 is 0 Å². The predicted molar refractivity (Wildman–Crippen MR) is 91.6 cm³/mol. The van der Waals surface area contributed by atoms with Crippen molar-refractivity contribution in [2.45, 2.75) is 25.3 Å². The highest BCUT2D eigenvalue weighted by Crippen LogP contribution is 2.29. The number of pyridine rings is 1. The Labute approximate surface area is 145 Å². The molecular formula is C18H18N6O. The summed E-state index contributed by atoms with van der Waals surface area (Å²) < 4.78 is 1.62. The highest BCUT2D eigenvalue weighted by Gasteiger charge is 2.24. The molecule has 0 fully saturated rings. The number of carbonyl (C=O) groups excluding carboxylic acids is 1. The van der Waals surface area contributed by atoms with Crippen LogP contribution in [-0.4, -0.2) is 30.6 Å². The zero-order valence-corrected chi connectivity index (χ0v) is 13.9. The Bertz CT molecular complexity index is 905. The molecule has 0 aromatic carbocycles. The molecule has 7 heteroatoms. The Kier molecular flexibility index (Phi) is 3.97. The molecule has 0 saturated carbocycles. The number of hydrogen-bond donors (Lipinski definition) is 1. The Morgan fingerprint density at radius 2 is 2.20 bits per heavy atom. The minimum Gasteiger partial charge on any atom is -0.345 e. The summed E-state index contributed by atoms with van der Waals surface area (Å²) in [5.74, 6) is 0.498. The Hall–Kier alpha value is -3.09. The summed E-state index contributed by atoms with van der Waals surface area (Å²) in [5, 5.41) is 7.12. The second kappa shape index (κ2) is 6.43. The van der Waals surface area contributed by atoms with Crippen LogP contribution in [0.15, 0.2) is 43.0 Å². The van der Waals surface area contributed by atoms with Gasteiger partial charge in [-0.15, -0.1) is 0 Å². The maximum Gasteiger partial charge on any atom is 0.254 e. The number of hydrogen-bond acceptors (Lipinski definition) is 5. The normalized spacial score (nSPS) is 16.3. The van der Waals surface area contributed by atoms with Crippen LogP contribution < -0.4 is 5.32 Å². The molecule has 3 heterocycles. The molecule has 4 rings (SSSR count). The van der Waals surface area contributed by atoms with Crippen LogP contribution in [0.3, 0.4) is 0 Å². The summed E-state index contributed by atoms with van der Waals surface area (Å²) >= 11 is 0. The fourth-order valence-corrected chi connectivity index (χ4v) is 3.10. The number of rotatable bonds is 3. The molecule has 25 heavy (non-hydrogen) atoms. The van der Waals surface area contributed by atoms with Crippen LogP contribution in [0.1, 0.15) is 40.5 Å². The van der Waals surface area contributed by atoms with E-state index < -0.39 is 0 Å². The van der Waals surface area contributed by atoms with E-state index in [-0.39, 0.29) is 11.9 Å². The summed E-state index contributed by atoms with van der Waals surface area (Å²) in [6.07, 6.45) is 9.57. The molecular weight excluding hydrogens is 316 g/mol. The molecule has 126 valence electrons. The topological polar surface area (TPSA) is 85.6 Å². The average Bonchev–Trinajstić information content (AvgIpc) is 3.09. The smallest absolute Gasteiger partial charge is 0.254 e. The third-order valence-corrected chi connectivity index (χ3v) is 4.35. The first-order valence-corrected chi connectivity index (χ1v) is 8.27. The molecule has 0 radical (unpaired) electrons. The van der Waals surface area contributed by atoms with Gasteiger partial charge in [-0.25, -0.2) is 9.97 Å². The molecule has 0 spiro atoms. The fourth-order valence-electron chi connectivity index (χ4n) is 3.10. The van der Waals surface area contributed by atoms with E-state index in [9.17, 15) is 4.79 Å². The third kappa shape index (κ3) is 3.13. The largest absolute Gasteiger partial charge is 0.345 e. The van der Waals surface area contributed by atoms with E-state index in [1.54, 1.807) is 30.3 Å². The molecule has 1 amide bonds. The van der Waals surface area contributed by atoms with Gasteiger partial charge in [0.2, 0.25) is 0 Å². The second-order valence-corrected chi connectivity index (χ2v) is 6.13. The van der Waals surface area contributed by atoms with Crippen molar-refractivity contribution in [1.82, 2.24) is 30.0 Å². The van der Waals surface area contributed by atoms with Gasteiger partial charge in [0.1, 0.15) is 5.69 Å². The highest BCUT2D eigenvalue weighted by atomic mass is 16.1. The number of aromatic nitrogens is 5. The van der Waals surface area contributed by atoms with Crippen molar-refractivity contribution in [3.63, 3.8) is 0 Å². The van der Waals surface area contributed by atoms with Gasteiger partial charge in [0.05, 0.1) is 17.8 Å². The van der Waals surface area contributed by atoms with Crippen LogP contribution in [0, 0.1) is 0 Å². The van der Waals surface area contributed by atoms with Crippen molar-refractivity contribution in [2.24, 2.45) is 7.05 Å². The average molecular weight is 334 g/mol. The Morgan fingerprint density at radius 3 is 2.96 bits per heavy atom. The van der Waals surface area contributed by atoms with E-state index in [0.29, 0.717) is 11.4 Å². The molecule has 3 aromatic heterocycles. The molecule has 1 aliphatic carbocycles. The first kappa shape index (κ1) is 15.4. The number of fused-ring (bicyclic) bond motifs is 1. The number of aryl methyl sites for hydroxylation is 2. The van der Waals surface area contributed by atoms with Crippen LogP contribution in [0.4, 0.5) is 0 Å². The van der Waals surface area contributed by atoms with E-state index in [0.717, 1.165) is 36.2 Å². The van der Waals surface area contributed by atoms with Crippen LogP contribution in [0.5, 0.6) is 0 Å². The number of nitrogens with one attached hydrogen (secondary N) is 1. The minimum atomic E-state index is -0.125. The number of nitrogens with zero attached hydrogens (tertiary/aromatic N) is 5. The summed E-state index contributed by atoms with van der Waals surface area (Å²) in [7, 11) is 1.79. The molecule has 1 atom stereocenters. The molecule has 3 aromatic rings. The monoisotopic (exact) mass is 334 g/mol. The first-order valence-electron chi connectivity index (χ1n) is 8.27. The Balaban J connectivity index is 1.59. The number of amides is 1. The zero-order valence-electron chi connectivity index (χ0n) is 13.9. The van der Waals surface area contributed by atoms with Gasteiger partial charge < -0.3 is 5.32 Å². The van der Waals surface area contributed by atoms with Gasteiger partial charge in [0.25, 0.3) is 5.91 Å². The van der Waals surface area contributed by atoms with Gasteiger partial charge in [-0.3, -0.25) is 14.5 Å². The van der Waals surface area contributed by atoms with Crippen molar-refractivity contribution < 1.29 is 4.79 Å². The second-order valence-electron chi connectivity index (χ2n) is 6.13. The van der Waals surface area contributed by atoms with Crippen molar-refractivity contribution >= 4 is 5.91 Å². The van der Waals surface area contributed by atoms with Gasteiger partial charge in [0, 0.05) is 36.9 Å². The summed E-state index contributed by atoms with van der Waals surface area (Å²) in [6, 6.07) is 5.61. The highest BCUT2D eigenvalue weighted by molar-refractivity contribution is 5.94. The number of carbonyl (C=O) groups is 1. The molecule has 0 unspecified atom stereocenters. The first-order chi connectivity index (χ1) is 12.2. The summed E-state index contributed by atoms with van der Waals surface area (Å²) in [5.41, 5.74) is 3.29. The van der Waals surface area contributed by atoms with E-state index >= 15 is 0 Å². The van der Waals surface area contributed by atoms with Gasteiger partial charge in [-0.2, -0.15) is 5.10 Å². The third-order valence-electron chi connectivity index (χ3n) is 4.35. The van der Waals surface area contributed by atoms with Crippen molar-refractivity contribution in [3.05, 3.63) is 59.8 Å². The lowest BCUT2D eigenvalue weighted by molar-refractivity contribution is 0.0932. The fraction of sp³-hybridized carbons (Fsp3) is 0.278. The van der Waals surface area contributed by atoms with Crippen LogP contribution in [0.2, 0.25) is 0 Å². The molecule has 0 saturated heterocycles. The SMILES string of the molecule is Cn1cc(C(=O)N[C@@H]2CCCc3nc(-c4ccccn4)ncc32)cn1. The predicted octanol–water partition coefficient (Wildman–Crippen LogP) is 2.08. The van der Waals surface area contributed by atoms with E-state index in [1.807, 2.05) is 24.4 Å². The molecule has 1 aliphatic rings. The van der Waals surface area contributed by atoms with Crippen LogP contribution in [0.25, 0.3) is 11.5 Å². The maximum atomic E-state index is 12.4. The van der Waals surface area contributed by atoms with Gasteiger partial charge in [-0.1, -0.05) is 6.07 Å². The molecule has 0 aliphatic heterocycles. The van der Waals surface area contributed by atoms with Gasteiger partial charge in [-0.05, 0) is 31.4 Å². The van der Waals surface area contributed by atoms with E-state index in [2.05, 4.69) is 25.4 Å². The Morgan fingerprint density at radius 1 is 1.28 bits per heavy atom. The molecule has 7 nitrogen and oxygen atoms in total. The van der Waals surface area contributed by atoms with E-state index in [4.69, 9.17) is 0 Å². The standard InChI is InChI=1S/C18H18N6O/c1-24-11-12(9-21-24)18(25)23-15-7-4-6-14-13(15)10-20-17(22-14)16-5-2-3-8-19-16/h2-3,5,8-11,15H,4,6-7H2,1H3,(H,23,25)/t15-/m1/s1. The minimum absolute atomic E-state index is 0.0748. The van der Waals surface area contributed by atoms with Gasteiger partial charge >= 0.3 is 0 Å². The van der Waals surface area contributed by atoms with Crippen molar-refractivity contribution in [1.29, 1.82) is 0 Å². The zero-order chi connectivity index (χ0) is 17.2. The molecule has 0 bridgehead atoms. The lowest BCUT2D eigenvalue weighted by atomic mass is 9.92. The lowest BCUT2D eigenvalue weighted by Crippen LogP contribution is -2.31. The van der Waals surface area contributed by atoms with Crippen molar-refractivity contribution in [2.75, 3.05) is 0 Å². The van der Waals surface area contributed by atoms with Crippen LogP contribution in [-0.2, 0) is 13.5 Å². The van der Waals surface area contributed by atoms with E-state index in [1.165, 1.54) is 0 Å². The molecule has 1 N–H and O–H groups in total. The maximum absolute atomic E-state index is 12.4. The summed E-state index contributed by atoms with van der Waals surface area (Å²) in [4.78, 5) is 25.8. The van der Waals surface area contributed by atoms with Gasteiger partial charge in [0.15, 0.2) is 5.82 Å². The summed E-state index contributed by atoms with van der Waals surface area (Å²) in [6.45, 7) is 0. The van der Waals surface area contributed by atoms with Crippen molar-refractivity contribution in [3.8, 4) is 11.5 Å².